The molecule has 1 heterocycles. The highest BCUT2D eigenvalue weighted by Gasteiger charge is 2.35. The highest BCUT2D eigenvalue weighted by Crippen LogP contribution is 2.40. The van der Waals surface area contributed by atoms with E-state index in [0.29, 0.717) is 23.5 Å². The summed E-state index contributed by atoms with van der Waals surface area (Å²) in [6.07, 6.45) is -0.836. The van der Waals surface area contributed by atoms with Gasteiger partial charge in [0.2, 0.25) is 6.10 Å². The van der Waals surface area contributed by atoms with Gasteiger partial charge >= 0.3 is 0 Å². The van der Waals surface area contributed by atoms with Crippen molar-refractivity contribution >= 4 is 17.3 Å². The number of nitrogens with two attached hydrogens (primary N) is 1. The third-order valence-corrected chi connectivity index (χ3v) is 3.64. The number of nitro benzene ring substituents is 1. The third-order valence-electron chi connectivity index (χ3n) is 3.64. The van der Waals surface area contributed by atoms with E-state index in [4.69, 9.17) is 10.5 Å². The maximum absolute atomic E-state index is 12.7. The minimum Gasteiger partial charge on any atom is -0.473 e. The molecule has 7 nitrogen and oxygen atoms in total. The molecule has 0 aliphatic carbocycles. The standard InChI is InChI=1S/C16H15N3O4/c17-8-9-18-13-7-6-12(19(21)22)10-14(13)23-15(16(18)20)11-4-2-1-3-5-11/h1-7,10,15H,8-9,17H2. The first-order valence-corrected chi connectivity index (χ1v) is 7.13. The molecule has 0 bridgehead atoms. The summed E-state index contributed by atoms with van der Waals surface area (Å²) in [6.45, 7) is 0.597. The first-order chi connectivity index (χ1) is 11.1. The lowest BCUT2D eigenvalue weighted by atomic mass is 10.1. The summed E-state index contributed by atoms with van der Waals surface area (Å²) in [5, 5.41) is 11.0. The molecule has 0 spiro atoms. The first-order valence-electron chi connectivity index (χ1n) is 7.13. The van der Waals surface area contributed by atoms with Gasteiger partial charge in [-0.3, -0.25) is 14.9 Å². The second-order valence-corrected chi connectivity index (χ2v) is 5.10. The van der Waals surface area contributed by atoms with Gasteiger partial charge < -0.3 is 15.4 Å². The largest absolute Gasteiger partial charge is 0.473 e. The summed E-state index contributed by atoms with van der Waals surface area (Å²) in [5.74, 6) is 0.0732. The second-order valence-electron chi connectivity index (χ2n) is 5.10. The lowest BCUT2D eigenvalue weighted by molar-refractivity contribution is -0.384. The van der Waals surface area contributed by atoms with Crippen molar-refractivity contribution in [2.24, 2.45) is 5.73 Å². The van der Waals surface area contributed by atoms with E-state index in [0.717, 1.165) is 0 Å². The monoisotopic (exact) mass is 313 g/mol. The van der Waals surface area contributed by atoms with Gasteiger partial charge in [0.15, 0.2) is 5.75 Å². The Morgan fingerprint density at radius 1 is 1.22 bits per heavy atom. The van der Waals surface area contributed by atoms with E-state index in [9.17, 15) is 14.9 Å². The number of amides is 1. The Balaban J connectivity index is 2.06. The molecule has 0 saturated carbocycles. The summed E-state index contributed by atoms with van der Waals surface area (Å²) in [4.78, 5) is 24.7. The smallest absolute Gasteiger partial charge is 0.273 e. The molecule has 0 aromatic heterocycles. The van der Waals surface area contributed by atoms with Gasteiger partial charge in [0.1, 0.15) is 0 Å². The Hall–Kier alpha value is -2.93. The van der Waals surface area contributed by atoms with E-state index < -0.39 is 11.0 Å². The second kappa shape index (κ2) is 6.05. The molecule has 0 radical (unpaired) electrons. The summed E-state index contributed by atoms with van der Waals surface area (Å²) in [6, 6.07) is 13.2. The van der Waals surface area contributed by atoms with Gasteiger partial charge in [-0.05, 0) is 6.07 Å². The predicted molar refractivity (Wildman–Crippen MR) is 84.3 cm³/mol. The number of ether oxygens (including phenoxy) is 1. The normalized spacial score (nSPS) is 16.7. The molecule has 7 heteroatoms. The van der Waals surface area contributed by atoms with Crippen LogP contribution in [0.4, 0.5) is 11.4 Å². The van der Waals surface area contributed by atoms with Crippen LogP contribution < -0.4 is 15.4 Å². The van der Waals surface area contributed by atoms with Crippen LogP contribution in [-0.4, -0.2) is 23.9 Å². The van der Waals surface area contributed by atoms with Crippen LogP contribution in [0.3, 0.4) is 0 Å². The molecular weight excluding hydrogens is 298 g/mol. The topological polar surface area (TPSA) is 98.7 Å². The molecule has 2 aromatic carbocycles. The van der Waals surface area contributed by atoms with Gasteiger partial charge in [0.25, 0.3) is 11.6 Å². The average Bonchev–Trinajstić information content (AvgIpc) is 2.57. The Bertz CT molecular complexity index is 748. The number of hydrogen-bond acceptors (Lipinski definition) is 5. The Labute approximate surface area is 132 Å². The molecule has 1 aliphatic rings. The van der Waals surface area contributed by atoms with E-state index in [1.807, 2.05) is 18.2 Å². The molecule has 1 atom stereocenters. The number of benzene rings is 2. The number of fused-ring (bicyclic) bond motifs is 1. The predicted octanol–water partition coefficient (Wildman–Crippen LogP) is 2.02. The number of nitrogens with zero attached hydrogens (tertiary/aromatic N) is 2. The third kappa shape index (κ3) is 2.74. The average molecular weight is 313 g/mol. The molecule has 1 amide bonds. The van der Waals surface area contributed by atoms with E-state index in [2.05, 4.69) is 0 Å². The SMILES string of the molecule is NCCN1C(=O)C(c2ccccc2)Oc2cc([N+](=O)[O-])ccc21. The van der Waals surface area contributed by atoms with Crippen LogP contribution in [0.15, 0.2) is 48.5 Å². The Morgan fingerprint density at radius 2 is 1.96 bits per heavy atom. The van der Waals surface area contributed by atoms with Gasteiger partial charge in [0.05, 0.1) is 16.7 Å². The van der Waals surface area contributed by atoms with Gasteiger partial charge in [-0.25, -0.2) is 0 Å². The van der Waals surface area contributed by atoms with Crippen LogP contribution in [0.5, 0.6) is 5.75 Å². The van der Waals surface area contributed by atoms with Crippen molar-refractivity contribution in [3.05, 3.63) is 64.2 Å². The fourth-order valence-corrected chi connectivity index (χ4v) is 2.57. The van der Waals surface area contributed by atoms with Crippen LogP contribution in [0, 0.1) is 10.1 Å². The van der Waals surface area contributed by atoms with Crippen molar-refractivity contribution in [1.29, 1.82) is 0 Å². The van der Waals surface area contributed by atoms with Crippen molar-refractivity contribution in [2.75, 3.05) is 18.0 Å². The maximum Gasteiger partial charge on any atom is 0.273 e. The quantitative estimate of drug-likeness (QED) is 0.687. The molecule has 1 unspecified atom stereocenters. The van der Waals surface area contributed by atoms with Gasteiger partial charge in [0, 0.05) is 24.7 Å². The molecular formula is C16H15N3O4. The summed E-state index contributed by atoms with van der Waals surface area (Å²) in [7, 11) is 0. The lowest BCUT2D eigenvalue weighted by Gasteiger charge is -2.34. The number of carbonyl (C=O) groups excluding carboxylic acids is 1. The van der Waals surface area contributed by atoms with Crippen molar-refractivity contribution < 1.29 is 14.5 Å². The summed E-state index contributed by atoms with van der Waals surface area (Å²) in [5.41, 5.74) is 6.70. The lowest BCUT2D eigenvalue weighted by Crippen LogP contribution is -2.43. The number of nitro groups is 1. The highest BCUT2D eigenvalue weighted by atomic mass is 16.6. The van der Waals surface area contributed by atoms with Crippen LogP contribution in [-0.2, 0) is 4.79 Å². The fraction of sp³-hybridized carbons (Fsp3) is 0.188. The summed E-state index contributed by atoms with van der Waals surface area (Å²) < 4.78 is 5.76. The van der Waals surface area contributed by atoms with Crippen molar-refractivity contribution in [3.8, 4) is 5.75 Å². The van der Waals surface area contributed by atoms with E-state index in [1.165, 1.54) is 23.1 Å². The molecule has 2 N–H and O–H groups in total. The molecule has 1 aliphatic heterocycles. The Kier molecular flexibility index (Phi) is 3.94. The van der Waals surface area contributed by atoms with Crippen LogP contribution in [0.2, 0.25) is 0 Å². The van der Waals surface area contributed by atoms with E-state index in [-0.39, 0.29) is 18.1 Å². The van der Waals surface area contributed by atoms with Crippen LogP contribution in [0.25, 0.3) is 0 Å². The molecule has 3 rings (SSSR count). The molecule has 0 saturated heterocycles. The fourth-order valence-electron chi connectivity index (χ4n) is 2.57. The minimum absolute atomic E-state index is 0.0855. The zero-order valence-electron chi connectivity index (χ0n) is 12.2. The van der Waals surface area contributed by atoms with Crippen molar-refractivity contribution in [2.45, 2.75) is 6.10 Å². The van der Waals surface area contributed by atoms with Crippen molar-refractivity contribution in [3.63, 3.8) is 0 Å². The maximum atomic E-state index is 12.7. The number of carbonyl (C=O) groups is 1. The Morgan fingerprint density at radius 3 is 2.61 bits per heavy atom. The highest BCUT2D eigenvalue weighted by molar-refractivity contribution is 6.00. The van der Waals surface area contributed by atoms with Crippen LogP contribution in [0.1, 0.15) is 11.7 Å². The van der Waals surface area contributed by atoms with Gasteiger partial charge in [-0.15, -0.1) is 0 Å². The number of anilines is 1. The molecule has 118 valence electrons. The number of non-ortho nitro benzene ring substituents is 1. The van der Waals surface area contributed by atoms with Crippen molar-refractivity contribution in [1.82, 2.24) is 0 Å². The van der Waals surface area contributed by atoms with Crippen LogP contribution >= 0.6 is 0 Å². The number of rotatable bonds is 4. The van der Waals surface area contributed by atoms with Gasteiger partial charge in [-0.1, -0.05) is 30.3 Å². The zero-order valence-corrected chi connectivity index (χ0v) is 12.2. The number of hydrogen-bond donors (Lipinski definition) is 1. The first kappa shape index (κ1) is 15.0. The van der Waals surface area contributed by atoms with E-state index in [1.54, 1.807) is 12.1 Å². The van der Waals surface area contributed by atoms with Gasteiger partial charge in [-0.2, -0.15) is 0 Å². The zero-order chi connectivity index (χ0) is 16.4. The molecule has 0 fully saturated rings. The van der Waals surface area contributed by atoms with E-state index >= 15 is 0 Å². The summed E-state index contributed by atoms with van der Waals surface area (Å²) >= 11 is 0. The minimum atomic E-state index is -0.836. The molecule has 2 aromatic rings. The molecule has 23 heavy (non-hydrogen) atoms.